The van der Waals surface area contributed by atoms with Crippen LogP contribution in [-0.4, -0.2) is 22.1 Å². The number of benzene rings is 1. The van der Waals surface area contributed by atoms with Crippen LogP contribution < -0.4 is 0 Å². The molecular weight excluding hydrogens is 396 g/mol. The zero-order valence-corrected chi connectivity index (χ0v) is 20.4. The maximum absolute atomic E-state index is 13.0. The highest BCUT2D eigenvalue weighted by atomic mass is 16.3. The molecule has 3 saturated carbocycles. The van der Waals surface area contributed by atoms with Gasteiger partial charge < -0.3 is 10.2 Å². The van der Waals surface area contributed by atoms with Crippen molar-refractivity contribution in [2.24, 2.45) is 28.6 Å². The first-order valence-electron chi connectivity index (χ1n) is 12.8. The minimum Gasteiger partial charge on any atom is -0.508 e. The Kier molecular flexibility index (Phi) is 5.17. The number of aliphatic hydroxyl groups is 1. The fourth-order valence-corrected chi connectivity index (χ4v) is 8.58. The molecule has 1 aromatic carbocycles. The summed E-state index contributed by atoms with van der Waals surface area (Å²) >= 11 is 0. The number of aromatic hydroxyl groups is 1. The molecule has 0 aromatic heterocycles. The van der Waals surface area contributed by atoms with Crippen molar-refractivity contribution in [3.05, 3.63) is 40.5 Å². The normalized spacial score (nSPS) is 41.2. The Balaban J connectivity index is 1.63. The van der Waals surface area contributed by atoms with Gasteiger partial charge in [0.25, 0.3) is 0 Å². The lowest BCUT2D eigenvalue weighted by Crippen LogP contribution is -2.53. The second-order valence-electron chi connectivity index (χ2n) is 12.2. The molecule has 0 radical (unpaired) electrons. The number of phenolic OH excluding ortho intramolecular Hbond substituents is 1. The predicted molar refractivity (Wildman–Crippen MR) is 128 cm³/mol. The average molecular weight is 437 g/mol. The van der Waals surface area contributed by atoms with Gasteiger partial charge in [-0.05, 0) is 109 Å². The molecule has 1 unspecified atom stereocenters. The molecule has 2 N–H and O–H groups in total. The van der Waals surface area contributed by atoms with E-state index in [1.54, 1.807) is 0 Å². The first kappa shape index (κ1) is 22.2. The monoisotopic (exact) mass is 436 g/mol. The van der Waals surface area contributed by atoms with E-state index in [4.69, 9.17) is 0 Å². The zero-order chi connectivity index (χ0) is 23.0. The van der Waals surface area contributed by atoms with Crippen LogP contribution in [0.15, 0.2) is 23.8 Å². The first-order chi connectivity index (χ1) is 15.1. The predicted octanol–water partition coefficient (Wildman–Crippen LogP) is 6.41. The zero-order valence-electron chi connectivity index (χ0n) is 20.4. The van der Waals surface area contributed by atoms with Gasteiger partial charge in [-0.2, -0.15) is 0 Å². The lowest BCUT2D eigenvalue weighted by molar-refractivity contribution is -0.119. The summed E-state index contributed by atoms with van der Waals surface area (Å²) in [5.74, 6) is 2.86. The minimum absolute atomic E-state index is 0.0290. The van der Waals surface area contributed by atoms with E-state index < -0.39 is 0 Å². The number of fused-ring (bicyclic) bond motifs is 5. The standard InChI is InChI=1S/C29H40O3/c1-16(2)21-15-26(31)17(3)12-22(21)25-14-19(30)13-18-6-7-20-23-8-9-27(32)28(23,4)11-10-24(20)29(18,25)5/h12-13,15-16,20,23-25,27,31-32H,6-11,14H2,1-5H3/t20-,23-,24-,25?,27-,28-,29-/m0/s1. The summed E-state index contributed by atoms with van der Waals surface area (Å²) in [6.45, 7) is 11.1. The van der Waals surface area contributed by atoms with Crippen LogP contribution in [0.25, 0.3) is 0 Å². The minimum atomic E-state index is -0.158. The van der Waals surface area contributed by atoms with Gasteiger partial charge >= 0.3 is 0 Å². The second kappa shape index (κ2) is 7.45. The van der Waals surface area contributed by atoms with Gasteiger partial charge in [0, 0.05) is 12.3 Å². The summed E-state index contributed by atoms with van der Waals surface area (Å²) in [6.07, 6.45) is 8.89. The number of hydrogen-bond donors (Lipinski definition) is 2. The van der Waals surface area contributed by atoms with Gasteiger partial charge in [0.05, 0.1) is 6.10 Å². The molecule has 0 heterocycles. The molecular formula is C29H40O3. The van der Waals surface area contributed by atoms with Gasteiger partial charge in [0.15, 0.2) is 5.78 Å². The Morgan fingerprint density at radius 2 is 1.81 bits per heavy atom. The number of hydrogen-bond acceptors (Lipinski definition) is 3. The SMILES string of the molecule is Cc1cc(C2CC(=O)C=C3CC[C@H]4[C@@H]5CC[C@H](O)[C@@]5(C)CC[C@@H]4[C@]32C)c(C(C)C)cc1O. The number of ketones is 1. The van der Waals surface area contributed by atoms with E-state index in [1.165, 1.54) is 16.7 Å². The molecule has 5 rings (SSSR count). The molecule has 4 aliphatic carbocycles. The molecule has 32 heavy (non-hydrogen) atoms. The van der Waals surface area contributed by atoms with Gasteiger partial charge in [0.1, 0.15) is 5.75 Å². The van der Waals surface area contributed by atoms with Gasteiger partial charge in [-0.25, -0.2) is 0 Å². The van der Waals surface area contributed by atoms with E-state index in [0.717, 1.165) is 44.1 Å². The summed E-state index contributed by atoms with van der Waals surface area (Å²) in [6, 6.07) is 4.12. The molecule has 174 valence electrons. The Morgan fingerprint density at radius 1 is 1.06 bits per heavy atom. The molecule has 0 bridgehead atoms. The van der Waals surface area contributed by atoms with Crippen LogP contribution in [0.2, 0.25) is 0 Å². The number of phenols is 1. The lowest BCUT2D eigenvalue weighted by Gasteiger charge is -2.60. The third kappa shape index (κ3) is 2.99. The largest absolute Gasteiger partial charge is 0.508 e. The van der Waals surface area contributed by atoms with E-state index >= 15 is 0 Å². The van der Waals surface area contributed by atoms with Crippen LogP contribution in [0.5, 0.6) is 5.75 Å². The maximum Gasteiger partial charge on any atom is 0.156 e. The van der Waals surface area contributed by atoms with Crippen molar-refractivity contribution in [2.45, 2.75) is 97.5 Å². The molecule has 3 heteroatoms. The van der Waals surface area contributed by atoms with Crippen molar-refractivity contribution in [3.63, 3.8) is 0 Å². The Morgan fingerprint density at radius 3 is 2.53 bits per heavy atom. The second-order valence-corrected chi connectivity index (χ2v) is 12.2. The first-order valence-corrected chi connectivity index (χ1v) is 12.8. The summed E-state index contributed by atoms with van der Waals surface area (Å²) in [7, 11) is 0. The van der Waals surface area contributed by atoms with Crippen LogP contribution in [0.1, 0.15) is 101 Å². The van der Waals surface area contributed by atoms with Crippen molar-refractivity contribution >= 4 is 5.78 Å². The molecule has 7 atom stereocenters. The average Bonchev–Trinajstić information content (AvgIpc) is 3.04. The number of carbonyl (C=O) groups is 1. The molecule has 0 saturated heterocycles. The molecule has 3 nitrogen and oxygen atoms in total. The highest BCUT2D eigenvalue weighted by molar-refractivity contribution is 5.92. The third-order valence-corrected chi connectivity index (χ3v) is 10.5. The van der Waals surface area contributed by atoms with Crippen molar-refractivity contribution in [1.82, 2.24) is 0 Å². The van der Waals surface area contributed by atoms with E-state index in [2.05, 4.69) is 33.8 Å². The van der Waals surface area contributed by atoms with Crippen molar-refractivity contribution in [2.75, 3.05) is 0 Å². The van der Waals surface area contributed by atoms with E-state index in [9.17, 15) is 15.0 Å². The fourth-order valence-electron chi connectivity index (χ4n) is 8.58. The van der Waals surface area contributed by atoms with Crippen LogP contribution in [0.3, 0.4) is 0 Å². The number of aliphatic hydroxyl groups excluding tert-OH is 1. The summed E-state index contributed by atoms with van der Waals surface area (Å²) < 4.78 is 0. The Hall–Kier alpha value is -1.61. The van der Waals surface area contributed by atoms with Gasteiger partial charge in [-0.1, -0.05) is 39.3 Å². The third-order valence-electron chi connectivity index (χ3n) is 10.5. The van der Waals surface area contributed by atoms with Crippen molar-refractivity contribution in [3.8, 4) is 5.75 Å². The van der Waals surface area contributed by atoms with Crippen LogP contribution >= 0.6 is 0 Å². The number of allylic oxidation sites excluding steroid dienone is 1. The Bertz CT molecular complexity index is 975. The summed E-state index contributed by atoms with van der Waals surface area (Å²) in [4.78, 5) is 13.0. The van der Waals surface area contributed by atoms with Gasteiger partial charge in [-0.3, -0.25) is 4.79 Å². The van der Waals surface area contributed by atoms with Crippen LogP contribution in [-0.2, 0) is 4.79 Å². The molecule has 3 fully saturated rings. The van der Waals surface area contributed by atoms with Crippen molar-refractivity contribution in [1.29, 1.82) is 0 Å². The van der Waals surface area contributed by atoms with Crippen LogP contribution in [0, 0.1) is 35.5 Å². The van der Waals surface area contributed by atoms with E-state index in [0.29, 0.717) is 35.8 Å². The Labute approximate surface area is 193 Å². The number of aryl methyl sites for hydroxylation is 1. The lowest BCUT2D eigenvalue weighted by atomic mass is 9.44. The van der Waals surface area contributed by atoms with E-state index in [1.807, 2.05) is 19.1 Å². The van der Waals surface area contributed by atoms with Gasteiger partial charge in [0.2, 0.25) is 0 Å². The molecule has 0 spiro atoms. The molecule has 1 aromatic rings. The van der Waals surface area contributed by atoms with Gasteiger partial charge in [-0.15, -0.1) is 0 Å². The van der Waals surface area contributed by atoms with Crippen LogP contribution in [0.4, 0.5) is 0 Å². The van der Waals surface area contributed by atoms with E-state index in [-0.39, 0.29) is 28.6 Å². The highest BCUT2D eigenvalue weighted by Gasteiger charge is 2.61. The smallest absolute Gasteiger partial charge is 0.156 e. The summed E-state index contributed by atoms with van der Waals surface area (Å²) in [5.41, 5.74) is 4.77. The summed E-state index contributed by atoms with van der Waals surface area (Å²) in [5, 5.41) is 21.3. The molecule has 0 aliphatic heterocycles. The molecule has 0 amide bonds. The fraction of sp³-hybridized carbons (Fsp3) is 0.690. The maximum atomic E-state index is 13.0. The quantitative estimate of drug-likeness (QED) is 0.563. The molecule has 4 aliphatic rings. The highest BCUT2D eigenvalue weighted by Crippen LogP contribution is 2.68. The number of carbonyl (C=O) groups excluding carboxylic acids is 1. The number of rotatable bonds is 2. The topological polar surface area (TPSA) is 57.5 Å². The van der Waals surface area contributed by atoms with Crippen molar-refractivity contribution < 1.29 is 15.0 Å².